The van der Waals surface area contributed by atoms with Gasteiger partial charge in [0.25, 0.3) is 0 Å². The minimum Gasteiger partial charge on any atom is -0.462 e. The van der Waals surface area contributed by atoms with Crippen LogP contribution in [0.25, 0.3) is 0 Å². The number of benzene rings is 2. The molecule has 2 aromatic carbocycles. The van der Waals surface area contributed by atoms with E-state index < -0.39 is 175 Å². The maximum atomic E-state index is 15.0. The molecule has 4 aliphatic heterocycles. The molecule has 0 aromatic heterocycles. The van der Waals surface area contributed by atoms with Crippen molar-refractivity contribution in [2.75, 3.05) is 59.9 Å². The lowest BCUT2D eigenvalue weighted by atomic mass is 9.44. The van der Waals surface area contributed by atoms with Crippen LogP contribution in [0.2, 0.25) is 0 Å². The summed E-state index contributed by atoms with van der Waals surface area (Å²) in [7, 11) is 0. The van der Waals surface area contributed by atoms with Crippen molar-refractivity contribution < 1.29 is 109 Å². The molecule has 4 aliphatic carbocycles. The van der Waals surface area contributed by atoms with Crippen LogP contribution in [0, 0.1) is 63.9 Å². The van der Waals surface area contributed by atoms with Crippen molar-refractivity contribution in [2.24, 2.45) is 52.3 Å². The molecule has 3 unspecified atom stereocenters. The van der Waals surface area contributed by atoms with E-state index in [0.717, 1.165) is 56.4 Å². The molecule has 0 bridgehead atoms. The van der Waals surface area contributed by atoms with Gasteiger partial charge in [0.15, 0.2) is 48.9 Å². The van der Waals surface area contributed by atoms with Crippen LogP contribution >= 0.6 is 58.0 Å². The molecule has 4 saturated carbocycles. The molecule has 30 heteroatoms. The Labute approximate surface area is 560 Å². The lowest BCUT2D eigenvalue weighted by Crippen LogP contribution is -2.68. The summed E-state index contributed by atoms with van der Waals surface area (Å²) in [4.78, 5) is 109. The van der Waals surface area contributed by atoms with Gasteiger partial charge >= 0.3 is 42.0 Å². The predicted molar refractivity (Wildman–Crippen MR) is 325 cm³/mol. The summed E-state index contributed by atoms with van der Waals surface area (Å²) in [6.07, 6.45) is -16.4. The molecule has 4 heterocycles. The Bertz CT molecular complexity index is 3050. The molecule has 2 amide bonds. The Morgan fingerprint density at radius 3 is 1.67 bits per heavy atom. The Balaban J connectivity index is 0.947. The number of hydrogen-bond acceptors (Lipinski definition) is 21. The molecule has 93 heavy (non-hydrogen) atoms. The number of amides is 2. The topological polar surface area (TPSA) is 281 Å². The van der Waals surface area contributed by atoms with Gasteiger partial charge in [0.2, 0.25) is 0 Å². The second-order valence-corrected chi connectivity index (χ2v) is 27.1. The highest BCUT2D eigenvalue weighted by molar-refractivity contribution is 6.27. The van der Waals surface area contributed by atoms with E-state index in [-0.39, 0.29) is 64.2 Å². The van der Waals surface area contributed by atoms with Gasteiger partial charge < -0.3 is 61.6 Å². The summed E-state index contributed by atoms with van der Waals surface area (Å²) < 4.78 is 108. The fourth-order valence-electron chi connectivity index (χ4n) is 16.2. The van der Waals surface area contributed by atoms with Crippen LogP contribution < -0.4 is 10.6 Å². The number of alkyl halides is 5. The van der Waals surface area contributed by atoms with Crippen molar-refractivity contribution in [3.8, 4) is 0 Å². The lowest BCUT2D eigenvalue weighted by molar-refractivity contribution is -0.364. The molecule has 2 N–H and O–H groups in total. The first kappa shape index (κ1) is 70.9. The fourth-order valence-corrected chi connectivity index (χ4v) is 16.5. The highest BCUT2D eigenvalue weighted by Gasteiger charge is 2.71. The Kier molecular flexibility index (Phi) is 23.0. The maximum absolute atomic E-state index is 15.0. The van der Waals surface area contributed by atoms with Crippen LogP contribution in [-0.2, 0) is 90.3 Å². The smallest absolute Gasteiger partial charge is 0.412 e. The van der Waals surface area contributed by atoms with E-state index in [1.54, 1.807) is 0 Å². The van der Waals surface area contributed by atoms with E-state index in [4.69, 9.17) is 120 Å². The SMILES string of the molecule is CC1C2C(C[C@H]3[C@@H]4CC[C@H]5C[C@@H](O[C@@H]6O[C@H](COC(=O)CCl)[C@@H](O[C@@H]7O[C@H](COC(=O)Nc8ccc(F)cc8)[C@@H](OC(=O)Nc8ccc(F)cc8)[C@H](OC(=O)CCl)[C@H]7OC(=O)CCl)[C@H](OC(=O)CCl)[C@H]6OC(=O)CCl)CC[C@]5(C)[C@H]4C(=O)C[C@]23C)O[C@]12CC[C@@H](C)CO2. The number of esters is 5. The molecule has 0 radical (unpaired) electrons. The third-order valence-corrected chi connectivity index (χ3v) is 21.3. The number of ketones is 1. The van der Waals surface area contributed by atoms with Gasteiger partial charge in [0, 0.05) is 36.1 Å². The van der Waals surface area contributed by atoms with Crippen LogP contribution in [0.1, 0.15) is 85.5 Å². The van der Waals surface area contributed by atoms with Crippen LogP contribution in [0.5, 0.6) is 0 Å². The number of Topliss-reactive ketones (excluding diaryl/α,β-unsaturated/α-hetero) is 1. The third kappa shape index (κ3) is 15.4. The number of halogens is 7. The Morgan fingerprint density at radius 1 is 0.581 bits per heavy atom. The average Bonchev–Trinajstić information content (AvgIpc) is 1.57. The first-order valence-electron chi connectivity index (χ1n) is 31.1. The van der Waals surface area contributed by atoms with Gasteiger partial charge in [0.1, 0.15) is 78.3 Å². The largest absolute Gasteiger partial charge is 0.462 e. The average molecular weight is 1410 g/mol. The number of carbonyl (C=O) groups excluding carboxylic acids is 8. The first-order chi connectivity index (χ1) is 44.4. The monoisotopic (exact) mass is 1410 g/mol. The number of anilines is 2. The van der Waals surface area contributed by atoms with E-state index in [1.807, 2.05) is 0 Å². The number of hydrogen-bond donors (Lipinski definition) is 2. The molecule has 10 rings (SSSR count). The van der Waals surface area contributed by atoms with Gasteiger partial charge in [0.05, 0.1) is 18.8 Å². The zero-order valence-electron chi connectivity index (χ0n) is 51.3. The summed E-state index contributed by atoms with van der Waals surface area (Å²) >= 11 is 30.1. The van der Waals surface area contributed by atoms with Crippen LogP contribution in [0.3, 0.4) is 0 Å². The Morgan fingerprint density at radius 2 is 1.11 bits per heavy atom. The molecular weight excluding hydrogens is 1340 g/mol. The second kappa shape index (κ2) is 30.2. The quantitative estimate of drug-likeness (QED) is 0.0540. The molecule has 23 nitrogen and oxygen atoms in total. The third-order valence-electron chi connectivity index (χ3n) is 20.2. The highest BCUT2D eigenvalue weighted by Crippen LogP contribution is 2.71. The van der Waals surface area contributed by atoms with Gasteiger partial charge in [-0.25, -0.2) is 18.4 Å². The van der Waals surface area contributed by atoms with Gasteiger partial charge in [-0.1, -0.05) is 27.7 Å². The molecular formula is C63H75Cl5F2N2O21. The Hall–Kier alpha value is -4.93. The maximum Gasteiger partial charge on any atom is 0.412 e. The fraction of sp³-hybridized carbons (Fsp3) is 0.683. The predicted octanol–water partition coefficient (Wildman–Crippen LogP) is 9.36. The van der Waals surface area contributed by atoms with Crippen molar-refractivity contribution in [3.05, 3.63) is 60.2 Å². The minimum atomic E-state index is -2.18. The van der Waals surface area contributed by atoms with Gasteiger partial charge in [-0.3, -0.25) is 39.4 Å². The second-order valence-electron chi connectivity index (χ2n) is 25.8. The zero-order chi connectivity index (χ0) is 66.7. The summed E-state index contributed by atoms with van der Waals surface area (Å²) in [5.41, 5.74) is -0.639. The van der Waals surface area contributed by atoms with E-state index in [0.29, 0.717) is 38.2 Å². The summed E-state index contributed by atoms with van der Waals surface area (Å²) in [6.45, 7) is 7.83. The van der Waals surface area contributed by atoms with E-state index in [1.165, 1.54) is 24.3 Å². The molecule has 4 saturated heterocycles. The van der Waals surface area contributed by atoms with Crippen molar-refractivity contribution in [2.45, 2.75) is 165 Å². The molecule has 8 fully saturated rings. The van der Waals surface area contributed by atoms with E-state index in [9.17, 15) is 42.3 Å². The summed E-state index contributed by atoms with van der Waals surface area (Å²) in [5, 5.41) is 4.76. The normalized spacial score (nSPS) is 37.5. The summed E-state index contributed by atoms with van der Waals surface area (Å²) in [6, 6.07) is 8.95. The number of nitrogens with one attached hydrogen (secondary N) is 2. The van der Waals surface area contributed by atoms with Crippen molar-refractivity contribution in [3.63, 3.8) is 0 Å². The molecule has 512 valence electrons. The van der Waals surface area contributed by atoms with Gasteiger partial charge in [-0.05, 0) is 134 Å². The zero-order valence-corrected chi connectivity index (χ0v) is 55.1. The number of rotatable bonds is 20. The number of fused-ring (bicyclic) bond motifs is 7. The first-order valence-corrected chi connectivity index (χ1v) is 33.7. The molecule has 8 aliphatic rings. The summed E-state index contributed by atoms with van der Waals surface area (Å²) in [5.74, 6) is -10.4. The highest BCUT2D eigenvalue weighted by atomic mass is 35.5. The van der Waals surface area contributed by atoms with Crippen LogP contribution in [0.4, 0.5) is 29.7 Å². The van der Waals surface area contributed by atoms with E-state index >= 15 is 4.79 Å². The molecule has 2 aromatic rings. The molecule has 22 atom stereocenters. The van der Waals surface area contributed by atoms with Gasteiger partial charge in [-0.2, -0.15) is 0 Å². The van der Waals surface area contributed by atoms with Gasteiger partial charge in [-0.15, -0.1) is 58.0 Å². The lowest BCUT2D eigenvalue weighted by Gasteiger charge is -2.60. The van der Waals surface area contributed by atoms with Crippen LogP contribution in [-0.4, -0.2) is 176 Å². The van der Waals surface area contributed by atoms with Crippen molar-refractivity contribution in [1.82, 2.24) is 0 Å². The van der Waals surface area contributed by atoms with Crippen LogP contribution in [0.15, 0.2) is 48.5 Å². The minimum absolute atomic E-state index is 0.0000758. The number of carbonyl (C=O) groups is 8. The molecule has 1 spiro atoms. The van der Waals surface area contributed by atoms with Crippen molar-refractivity contribution >= 4 is 117 Å². The number of ether oxygens (including phenoxy) is 13. The van der Waals surface area contributed by atoms with E-state index in [2.05, 4.69) is 38.3 Å². The standard InChI is InChI=1S/C63H75Cl5F2N2O21/c1-30-15-18-63(83-27-30)31(2)49-41(93-63)20-39-38-14-5-32-19-37(16-17-61(32,3)50(38)40(73)21-62(39,49)4)84-57-55(89-47(77)25-67)53(87-45(75)23-65)51(42(85-57)28-81-44(74)22-64)91-58-56(90-48(78)26-68)54(88-46(76)24-66)52(92-60(80)72-36-12-8-34(70)9-13-36)43(86-58)29-82-59(79)71-35-10-6-33(69)7-11-35/h6-13,30-32,37-39,41-43,49-58H,5,14-29H2,1-4H3,(H,71,79)(H,72,80)/t30-,31?,32+,37+,38+,39+,41?,42-,43-,49?,50-,51-,52-,53+,54+,55-,56-,57-,58+,61+,62+,63-/m1/s1. The van der Waals surface area contributed by atoms with Crippen molar-refractivity contribution in [1.29, 1.82) is 0 Å².